The number of halogens is 1. The lowest BCUT2D eigenvalue weighted by molar-refractivity contribution is -0.121. The van der Waals surface area contributed by atoms with Crippen LogP contribution in [0.4, 0.5) is 14.9 Å². The molecule has 4 atom stereocenters. The van der Waals surface area contributed by atoms with Crippen molar-refractivity contribution in [2.45, 2.75) is 25.4 Å². The lowest BCUT2D eigenvalue weighted by Crippen LogP contribution is -2.34. The molecule has 3 fully saturated rings. The fraction of sp³-hybridized carbons (Fsp3) is 0.556. The van der Waals surface area contributed by atoms with Gasteiger partial charge in [-0.1, -0.05) is 13.0 Å². The first-order valence-corrected chi connectivity index (χ1v) is 9.86. The molecule has 0 spiro atoms. The van der Waals surface area contributed by atoms with Crippen LogP contribution in [0.3, 0.4) is 0 Å². The predicted octanol–water partition coefficient (Wildman–Crippen LogP) is 2.75. The van der Waals surface area contributed by atoms with Gasteiger partial charge in [0.15, 0.2) is 0 Å². The van der Waals surface area contributed by atoms with E-state index >= 15 is 0 Å². The average Bonchev–Trinajstić information content (AvgIpc) is 2.95. The molecule has 134 valence electrons. The van der Waals surface area contributed by atoms with E-state index in [1.165, 1.54) is 11.0 Å². The summed E-state index contributed by atoms with van der Waals surface area (Å²) in [4.78, 5) is 24.8. The van der Waals surface area contributed by atoms with Crippen molar-refractivity contribution >= 4 is 29.4 Å². The molecule has 2 amide bonds. The molecule has 1 unspecified atom stereocenters. The van der Waals surface area contributed by atoms with Crippen molar-refractivity contribution in [3.8, 4) is 0 Å². The Bertz CT molecular complexity index is 704. The SMILES string of the molecule is CCC(=O)NC[C@H]1CN(c2ccc(C3[C@H]4CSC[C@@H]34)c(F)c2)C(=O)O1. The maximum absolute atomic E-state index is 14.6. The third-order valence-corrected chi connectivity index (χ3v) is 6.57. The van der Waals surface area contributed by atoms with Gasteiger partial charge in [0.05, 0.1) is 18.8 Å². The standard InChI is InChI=1S/C18H21FN2O3S/c1-2-16(22)20-6-11-7-21(18(23)24-11)10-3-4-12(15(19)5-10)17-13-8-25-9-14(13)17/h3-5,11,13-14,17H,2,6-9H2,1H3,(H,20,22)/t11-,13-,14+,17?/m0/s1. The van der Waals surface area contributed by atoms with Crippen LogP contribution in [0.1, 0.15) is 24.8 Å². The third-order valence-electron chi connectivity index (χ3n) is 5.33. The molecular weight excluding hydrogens is 343 g/mol. The number of amides is 2. The molecule has 3 aliphatic rings. The predicted molar refractivity (Wildman–Crippen MR) is 94.4 cm³/mol. The van der Waals surface area contributed by atoms with Crippen molar-refractivity contribution in [2.24, 2.45) is 11.8 Å². The first-order valence-electron chi connectivity index (χ1n) is 8.70. The molecule has 1 N–H and O–H groups in total. The number of cyclic esters (lactones) is 1. The van der Waals surface area contributed by atoms with Crippen molar-refractivity contribution in [2.75, 3.05) is 29.5 Å². The van der Waals surface area contributed by atoms with E-state index in [0.29, 0.717) is 36.4 Å². The number of benzene rings is 1. The molecule has 4 rings (SSSR count). The maximum atomic E-state index is 14.6. The number of nitrogens with one attached hydrogen (secondary N) is 1. The highest BCUT2D eigenvalue weighted by molar-refractivity contribution is 7.99. The molecule has 0 radical (unpaired) electrons. The van der Waals surface area contributed by atoms with Gasteiger partial charge in [0.1, 0.15) is 11.9 Å². The van der Waals surface area contributed by atoms with E-state index in [9.17, 15) is 14.0 Å². The van der Waals surface area contributed by atoms with Gasteiger partial charge in [-0.05, 0) is 47.0 Å². The summed E-state index contributed by atoms with van der Waals surface area (Å²) in [5.74, 6) is 3.51. The van der Waals surface area contributed by atoms with Gasteiger partial charge >= 0.3 is 6.09 Å². The molecule has 0 aromatic heterocycles. The van der Waals surface area contributed by atoms with E-state index in [-0.39, 0.29) is 18.3 Å². The molecule has 2 aliphatic heterocycles. The van der Waals surface area contributed by atoms with Crippen LogP contribution in [-0.4, -0.2) is 42.7 Å². The van der Waals surface area contributed by atoms with Crippen molar-refractivity contribution in [3.63, 3.8) is 0 Å². The quantitative estimate of drug-likeness (QED) is 0.873. The summed E-state index contributed by atoms with van der Waals surface area (Å²) in [6.45, 7) is 2.35. The third kappa shape index (κ3) is 3.10. The molecular formula is C18H21FN2O3S. The van der Waals surface area contributed by atoms with E-state index in [1.54, 1.807) is 13.0 Å². The molecule has 7 heteroatoms. The summed E-state index contributed by atoms with van der Waals surface area (Å²) in [7, 11) is 0. The zero-order valence-corrected chi connectivity index (χ0v) is 14.9. The number of nitrogens with zero attached hydrogens (tertiary/aromatic N) is 1. The molecule has 1 aliphatic carbocycles. The minimum atomic E-state index is -0.498. The van der Waals surface area contributed by atoms with Crippen LogP contribution in [0.15, 0.2) is 18.2 Å². The lowest BCUT2D eigenvalue weighted by atomic mass is 10.1. The average molecular weight is 364 g/mol. The Kier molecular flexibility index (Phi) is 4.35. The second-order valence-corrected chi connectivity index (χ2v) is 7.95. The van der Waals surface area contributed by atoms with Crippen LogP contribution in [0.2, 0.25) is 0 Å². The number of hydrogen-bond donors (Lipinski definition) is 1. The van der Waals surface area contributed by atoms with E-state index in [2.05, 4.69) is 5.32 Å². The Morgan fingerprint density at radius 1 is 1.40 bits per heavy atom. The fourth-order valence-electron chi connectivity index (χ4n) is 3.85. The van der Waals surface area contributed by atoms with Crippen molar-refractivity contribution < 1.29 is 18.7 Å². The second-order valence-electron chi connectivity index (χ2n) is 6.87. The van der Waals surface area contributed by atoms with Crippen LogP contribution in [0.25, 0.3) is 0 Å². The largest absolute Gasteiger partial charge is 0.442 e. The maximum Gasteiger partial charge on any atom is 0.414 e. The molecule has 1 aromatic carbocycles. The number of anilines is 1. The van der Waals surface area contributed by atoms with Gasteiger partial charge in [-0.15, -0.1) is 0 Å². The first-order chi connectivity index (χ1) is 12.1. The second kappa shape index (κ2) is 6.52. The van der Waals surface area contributed by atoms with Crippen LogP contribution in [-0.2, 0) is 9.53 Å². The number of ether oxygens (including phenoxy) is 1. The van der Waals surface area contributed by atoms with Crippen molar-refractivity contribution in [1.82, 2.24) is 5.32 Å². The number of rotatable bonds is 5. The van der Waals surface area contributed by atoms with Crippen LogP contribution in [0, 0.1) is 17.7 Å². The van der Waals surface area contributed by atoms with E-state index in [1.807, 2.05) is 17.8 Å². The van der Waals surface area contributed by atoms with Crippen molar-refractivity contribution in [3.05, 3.63) is 29.6 Å². The summed E-state index contributed by atoms with van der Waals surface area (Å²) < 4.78 is 19.8. The molecule has 0 bridgehead atoms. The fourth-order valence-corrected chi connectivity index (χ4v) is 5.44. The number of fused-ring (bicyclic) bond motifs is 1. The van der Waals surface area contributed by atoms with E-state index in [0.717, 1.165) is 17.1 Å². The van der Waals surface area contributed by atoms with Gasteiger partial charge in [-0.25, -0.2) is 9.18 Å². The molecule has 2 heterocycles. The van der Waals surface area contributed by atoms with E-state index in [4.69, 9.17) is 4.74 Å². The summed E-state index contributed by atoms with van der Waals surface area (Å²) in [6, 6.07) is 5.05. The topological polar surface area (TPSA) is 58.6 Å². The lowest BCUT2D eigenvalue weighted by Gasteiger charge is -2.15. The van der Waals surface area contributed by atoms with Gasteiger partial charge in [0, 0.05) is 6.42 Å². The Morgan fingerprint density at radius 2 is 2.16 bits per heavy atom. The van der Waals surface area contributed by atoms with E-state index < -0.39 is 12.2 Å². The Hall–Kier alpha value is -1.76. The molecule has 2 saturated heterocycles. The van der Waals surface area contributed by atoms with Gasteiger partial charge in [-0.2, -0.15) is 11.8 Å². The van der Waals surface area contributed by atoms with Crippen LogP contribution < -0.4 is 10.2 Å². The minimum absolute atomic E-state index is 0.0851. The number of thioether (sulfide) groups is 1. The smallest absolute Gasteiger partial charge is 0.414 e. The Morgan fingerprint density at radius 3 is 2.84 bits per heavy atom. The normalized spacial score (nSPS) is 30.2. The van der Waals surface area contributed by atoms with Gasteiger partial charge in [-0.3, -0.25) is 9.69 Å². The summed E-state index contributed by atoms with van der Waals surface area (Å²) in [5.41, 5.74) is 1.29. The highest BCUT2D eigenvalue weighted by Crippen LogP contribution is 2.61. The molecule has 5 nitrogen and oxygen atoms in total. The summed E-state index contributed by atoms with van der Waals surface area (Å²) in [6.07, 6.45) is -0.522. The highest BCUT2D eigenvalue weighted by Gasteiger charge is 2.54. The molecule has 1 saturated carbocycles. The highest BCUT2D eigenvalue weighted by atomic mass is 32.2. The Balaban J connectivity index is 1.42. The van der Waals surface area contributed by atoms with Gasteiger partial charge in [0.2, 0.25) is 5.91 Å². The monoisotopic (exact) mass is 364 g/mol. The first kappa shape index (κ1) is 16.7. The number of carbonyl (C=O) groups excluding carboxylic acids is 2. The van der Waals surface area contributed by atoms with Gasteiger partial charge in [0.25, 0.3) is 0 Å². The number of carbonyl (C=O) groups is 2. The van der Waals surface area contributed by atoms with Crippen molar-refractivity contribution in [1.29, 1.82) is 0 Å². The molecule has 25 heavy (non-hydrogen) atoms. The van der Waals surface area contributed by atoms with Crippen LogP contribution in [0.5, 0.6) is 0 Å². The zero-order valence-electron chi connectivity index (χ0n) is 14.0. The minimum Gasteiger partial charge on any atom is -0.442 e. The summed E-state index contributed by atoms with van der Waals surface area (Å²) >= 11 is 1.95. The van der Waals surface area contributed by atoms with Gasteiger partial charge < -0.3 is 10.1 Å². The number of hydrogen-bond acceptors (Lipinski definition) is 4. The molecule has 1 aromatic rings. The Labute approximate surface area is 150 Å². The van der Waals surface area contributed by atoms with Crippen LogP contribution >= 0.6 is 11.8 Å². The summed E-state index contributed by atoms with van der Waals surface area (Å²) in [5, 5.41) is 2.71. The zero-order chi connectivity index (χ0) is 17.6.